The first kappa shape index (κ1) is 12.4. The van der Waals surface area contributed by atoms with E-state index in [4.69, 9.17) is 5.73 Å². The molecule has 0 aromatic carbocycles. The number of nitrogens with two attached hydrogens (primary N) is 1. The summed E-state index contributed by atoms with van der Waals surface area (Å²) in [5.41, 5.74) is 4.38. The van der Waals surface area contributed by atoms with Crippen molar-refractivity contribution in [2.45, 2.75) is 32.8 Å². The highest BCUT2D eigenvalue weighted by Gasteiger charge is 2.17. The molecular formula is C9H20N2O2. The molecule has 0 fully saturated rings. The van der Waals surface area contributed by atoms with Gasteiger partial charge in [0.05, 0.1) is 5.60 Å². The normalized spacial score (nSPS) is 17.8. The van der Waals surface area contributed by atoms with Gasteiger partial charge in [0.2, 0.25) is 5.91 Å². The van der Waals surface area contributed by atoms with Crippen LogP contribution >= 0.6 is 0 Å². The van der Waals surface area contributed by atoms with E-state index in [0.717, 1.165) is 0 Å². The van der Waals surface area contributed by atoms with E-state index in [1.165, 1.54) is 0 Å². The Kier molecular flexibility index (Phi) is 4.95. The minimum Gasteiger partial charge on any atom is -0.389 e. The Morgan fingerprint density at radius 1 is 1.69 bits per heavy atom. The zero-order valence-corrected chi connectivity index (χ0v) is 8.63. The second-order valence-electron chi connectivity index (χ2n) is 3.78. The van der Waals surface area contributed by atoms with Crippen LogP contribution in [0.1, 0.15) is 27.2 Å². The molecule has 4 N–H and O–H groups in total. The summed E-state index contributed by atoms with van der Waals surface area (Å²) in [6.07, 6.45) is 0.685. The number of hydrogen-bond donors (Lipinski definition) is 3. The molecule has 0 aliphatic heterocycles. The van der Waals surface area contributed by atoms with Crippen LogP contribution in [-0.2, 0) is 4.79 Å². The van der Waals surface area contributed by atoms with Crippen LogP contribution < -0.4 is 11.1 Å². The van der Waals surface area contributed by atoms with Gasteiger partial charge in [-0.25, -0.2) is 0 Å². The summed E-state index contributed by atoms with van der Waals surface area (Å²) in [6.45, 7) is 6.44. The van der Waals surface area contributed by atoms with Crippen molar-refractivity contribution in [3.63, 3.8) is 0 Å². The summed E-state index contributed by atoms with van der Waals surface area (Å²) in [5, 5.41) is 12.6. The summed E-state index contributed by atoms with van der Waals surface area (Å²) >= 11 is 0. The molecule has 4 heteroatoms. The molecule has 1 amide bonds. The number of amides is 1. The van der Waals surface area contributed by atoms with Crippen LogP contribution in [0.15, 0.2) is 0 Å². The topological polar surface area (TPSA) is 75.3 Å². The zero-order chi connectivity index (χ0) is 10.5. The first-order valence-electron chi connectivity index (χ1n) is 4.61. The Bertz CT molecular complexity index is 169. The molecule has 2 atom stereocenters. The van der Waals surface area contributed by atoms with Gasteiger partial charge in [0, 0.05) is 19.0 Å². The van der Waals surface area contributed by atoms with E-state index in [2.05, 4.69) is 5.32 Å². The molecule has 2 unspecified atom stereocenters. The Morgan fingerprint density at radius 3 is 2.62 bits per heavy atom. The van der Waals surface area contributed by atoms with Gasteiger partial charge in [-0.2, -0.15) is 0 Å². The molecule has 0 aliphatic carbocycles. The lowest BCUT2D eigenvalue weighted by Crippen LogP contribution is -2.40. The number of rotatable bonds is 6. The molecule has 0 saturated carbocycles. The van der Waals surface area contributed by atoms with Crippen LogP contribution in [0.3, 0.4) is 0 Å². The van der Waals surface area contributed by atoms with E-state index < -0.39 is 5.60 Å². The molecule has 0 heterocycles. The van der Waals surface area contributed by atoms with Gasteiger partial charge in [0.1, 0.15) is 0 Å². The van der Waals surface area contributed by atoms with Crippen LogP contribution in [0.25, 0.3) is 0 Å². The Labute approximate surface area is 79.5 Å². The SMILES string of the molecule is CCC(C)(O)CNCC(C)C(N)=O. The number of carbonyl (C=O) groups excluding carboxylic acids is 1. The van der Waals surface area contributed by atoms with E-state index in [-0.39, 0.29) is 11.8 Å². The van der Waals surface area contributed by atoms with Gasteiger partial charge >= 0.3 is 0 Å². The molecule has 0 saturated heterocycles. The molecule has 0 bridgehead atoms. The summed E-state index contributed by atoms with van der Waals surface area (Å²) in [7, 11) is 0. The Morgan fingerprint density at radius 2 is 2.23 bits per heavy atom. The van der Waals surface area contributed by atoms with Crippen molar-refractivity contribution in [1.82, 2.24) is 5.32 Å². The number of hydrogen-bond acceptors (Lipinski definition) is 3. The maximum Gasteiger partial charge on any atom is 0.221 e. The third kappa shape index (κ3) is 5.60. The monoisotopic (exact) mass is 188 g/mol. The highest BCUT2D eigenvalue weighted by Crippen LogP contribution is 2.05. The highest BCUT2D eigenvalue weighted by atomic mass is 16.3. The second-order valence-corrected chi connectivity index (χ2v) is 3.78. The van der Waals surface area contributed by atoms with E-state index >= 15 is 0 Å². The van der Waals surface area contributed by atoms with Crippen molar-refractivity contribution in [3.05, 3.63) is 0 Å². The van der Waals surface area contributed by atoms with E-state index in [9.17, 15) is 9.90 Å². The highest BCUT2D eigenvalue weighted by molar-refractivity contribution is 5.76. The number of aliphatic hydroxyl groups is 1. The van der Waals surface area contributed by atoms with Gasteiger partial charge in [-0.15, -0.1) is 0 Å². The molecular weight excluding hydrogens is 168 g/mol. The average Bonchev–Trinajstić information content (AvgIpc) is 2.04. The van der Waals surface area contributed by atoms with Crippen LogP contribution in [0.5, 0.6) is 0 Å². The van der Waals surface area contributed by atoms with Crippen LogP contribution in [0.4, 0.5) is 0 Å². The lowest BCUT2D eigenvalue weighted by atomic mass is 10.0. The first-order valence-corrected chi connectivity index (χ1v) is 4.61. The maximum atomic E-state index is 10.6. The van der Waals surface area contributed by atoms with Gasteiger partial charge in [-0.1, -0.05) is 13.8 Å². The number of nitrogens with one attached hydrogen (secondary N) is 1. The van der Waals surface area contributed by atoms with Crippen molar-refractivity contribution in [3.8, 4) is 0 Å². The molecule has 0 rings (SSSR count). The van der Waals surface area contributed by atoms with Crippen molar-refractivity contribution in [1.29, 1.82) is 0 Å². The third-order valence-corrected chi connectivity index (χ3v) is 2.20. The largest absolute Gasteiger partial charge is 0.389 e. The lowest BCUT2D eigenvalue weighted by Gasteiger charge is -2.22. The van der Waals surface area contributed by atoms with E-state index in [1.807, 2.05) is 6.92 Å². The molecule has 0 aromatic heterocycles. The second kappa shape index (κ2) is 5.19. The number of carbonyl (C=O) groups is 1. The van der Waals surface area contributed by atoms with Crippen LogP contribution in [-0.4, -0.2) is 29.7 Å². The van der Waals surface area contributed by atoms with Crippen molar-refractivity contribution >= 4 is 5.91 Å². The van der Waals surface area contributed by atoms with Gasteiger partial charge in [0.15, 0.2) is 0 Å². The van der Waals surface area contributed by atoms with Crippen LogP contribution in [0, 0.1) is 5.92 Å². The fourth-order valence-corrected chi connectivity index (χ4v) is 0.784. The van der Waals surface area contributed by atoms with Crippen molar-refractivity contribution < 1.29 is 9.90 Å². The summed E-state index contributed by atoms with van der Waals surface area (Å²) in [6, 6.07) is 0. The molecule has 13 heavy (non-hydrogen) atoms. The molecule has 0 radical (unpaired) electrons. The maximum absolute atomic E-state index is 10.6. The summed E-state index contributed by atoms with van der Waals surface area (Å²) in [5.74, 6) is -0.503. The molecule has 4 nitrogen and oxygen atoms in total. The van der Waals surface area contributed by atoms with Crippen molar-refractivity contribution in [2.75, 3.05) is 13.1 Å². The summed E-state index contributed by atoms with van der Waals surface area (Å²) < 4.78 is 0. The standard InChI is InChI=1S/C9H20N2O2/c1-4-9(3,13)6-11-5-7(2)8(10)12/h7,11,13H,4-6H2,1-3H3,(H2,10,12). The predicted molar refractivity (Wildman–Crippen MR) is 52.1 cm³/mol. The Balaban J connectivity index is 3.62. The fourth-order valence-electron chi connectivity index (χ4n) is 0.784. The zero-order valence-electron chi connectivity index (χ0n) is 8.63. The van der Waals surface area contributed by atoms with Gasteiger partial charge in [0.25, 0.3) is 0 Å². The van der Waals surface area contributed by atoms with Gasteiger partial charge < -0.3 is 16.2 Å². The quantitative estimate of drug-likeness (QED) is 0.543. The van der Waals surface area contributed by atoms with Gasteiger partial charge in [-0.3, -0.25) is 4.79 Å². The molecule has 0 aliphatic rings. The van der Waals surface area contributed by atoms with Crippen LogP contribution in [0.2, 0.25) is 0 Å². The van der Waals surface area contributed by atoms with Gasteiger partial charge in [-0.05, 0) is 13.3 Å². The third-order valence-electron chi connectivity index (χ3n) is 2.20. The first-order chi connectivity index (χ1) is 5.89. The molecule has 78 valence electrons. The van der Waals surface area contributed by atoms with E-state index in [0.29, 0.717) is 19.5 Å². The van der Waals surface area contributed by atoms with E-state index in [1.54, 1.807) is 13.8 Å². The van der Waals surface area contributed by atoms with Crippen molar-refractivity contribution in [2.24, 2.45) is 11.7 Å². The average molecular weight is 188 g/mol. The minimum absolute atomic E-state index is 0.187. The molecule has 0 aromatic rings. The fraction of sp³-hybridized carbons (Fsp3) is 0.889. The lowest BCUT2D eigenvalue weighted by molar-refractivity contribution is -0.121. The summed E-state index contributed by atoms with van der Waals surface area (Å²) in [4.78, 5) is 10.6. The minimum atomic E-state index is -0.697. The smallest absolute Gasteiger partial charge is 0.221 e. The predicted octanol–water partition coefficient (Wildman–Crippen LogP) is -0.142. The molecule has 0 spiro atoms. The Hall–Kier alpha value is -0.610. The number of primary amides is 1.